The maximum absolute atomic E-state index is 11.3. The lowest BCUT2D eigenvalue weighted by molar-refractivity contribution is -0.253. The fourth-order valence-electron chi connectivity index (χ4n) is 12.6. The Morgan fingerprint density at radius 3 is 2.29 bits per heavy atom. The molecule has 2 spiro atoms. The number of nitrogens with zero attached hydrogens (tertiary/aromatic N) is 1. The molecule has 8 nitrogen and oxygen atoms in total. The van der Waals surface area contributed by atoms with E-state index in [2.05, 4.69) is 38.5 Å². The van der Waals surface area contributed by atoms with Gasteiger partial charge in [0.1, 0.15) is 0 Å². The molecule has 5 saturated carbocycles. The number of ether oxygens (including phenoxy) is 3. The second-order valence-corrected chi connectivity index (χ2v) is 16.9. The predicted octanol–water partition coefficient (Wildman–Crippen LogP) is 5.49. The zero-order chi connectivity index (χ0) is 35.7. The molecule has 0 bridgehead atoms. The summed E-state index contributed by atoms with van der Waals surface area (Å²) < 4.78 is 18.5. The van der Waals surface area contributed by atoms with Crippen molar-refractivity contribution < 1.29 is 34.6 Å². The molecule has 7 rings (SSSR count). The van der Waals surface area contributed by atoms with Crippen molar-refractivity contribution in [3.63, 3.8) is 0 Å². The van der Waals surface area contributed by atoms with Gasteiger partial charge in [0.15, 0.2) is 6.29 Å². The van der Waals surface area contributed by atoms with Crippen molar-refractivity contribution in [2.45, 2.75) is 149 Å². The Labute approximate surface area is 292 Å². The molecule has 0 radical (unpaired) electrons. The summed E-state index contributed by atoms with van der Waals surface area (Å²) in [5.41, 5.74) is -0.0432. The Morgan fingerprint density at radius 1 is 1.00 bits per heavy atom. The maximum Gasteiger partial charge on any atom is 0.170 e. The molecule has 4 N–H and O–H groups in total. The highest BCUT2D eigenvalue weighted by Gasteiger charge is 2.83. The average Bonchev–Trinajstić information content (AvgIpc) is 3.40. The molecular weight excluding hydrogens is 606 g/mol. The Bertz CT molecular complexity index is 1040. The van der Waals surface area contributed by atoms with E-state index in [-0.39, 0.29) is 23.9 Å². The summed E-state index contributed by atoms with van der Waals surface area (Å²) >= 11 is 0. The highest BCUT2D eigenvalue weighted by atomic mass is 16.7. The SMILES string of the molecule is C#C.CC.CO.C[C@@H]1C23CC[C@H](OC4CN(C5COC5)CCO4)C(C)(C)C2CC[C@H]2C4C[C@@H](O)[C@H](CCC[C@H](O)C(C)(C)O)C4CC[C@]123. The molecule has 2 heterocycles. The smallest absolute Gasteiger partial charge is 0.170 e. The van der Waals surface area contributed by atoms with Gasteiger partial charge in [-0.15, -0.1) is 12.8 Å². The summed E-state index contributed by atoms with van der Waals surface area (Å²) in [5.74, 6) is 3.83. The number of hydrogen-bond donors (Lipinski definition) is 4. The molecule has 0 amide bonds. The van der Waals surface area contributed by atoms with Gasteiger partial charge in [0.2, 0.25) is 0 Å². The zero-order valence-corrected chi connectivity index (χ0v) is 31.6. The lowest BCUT2D eigenvalue weighted by Gasteiger charge is -2.58. The monoisotopic (exact) mass is 678 g/mol. The second-order valence-electron chi connectivity index (χ2n) is 16.9. The van der Waals surface area contributed by atoms with Crippen LogP contribution in [0, 0.1) is 64.6 Å². The molecule has 278 valence electrons. The third-order valence-electron chi connectivity index (χ3n) is 14.8. The number of morpholine rings is 1. The third-order valence-corrected chi connectivity index (χ3v) is 14.8. The van der Waals surface area contributed by atoms with Crippen molar-refractivity contribution >= 4 is 0 Å². The van der Waals surface area contributed by atoms with Gasteiger partial charge in [0, 0.05) is 13.7 Å². The van der Waals surface area contributed by atoms with Crippen molar-refractivity contribution in [2.75, 3.05) is 40.0 Å². The predicted molar refractivity (Wildman–Crippen MR) is 190 cm³/mol. The minimum absolute atomic E-state index is 0.127. The number of rotatable bonds is 8. The quantitative estimate of drug-likeness (QED) is 0.250. The van der Waals surface area contributed by atoms with Crippen molar-refractivity contribution in [1.29, 1.82) is 0 Å². The first-order chi connectivity index (χ1) is 22.9. The van der Waals surface area contributed by atoms with Crippen LogP contribution < -0.4 is 0 Å². The maximum atomic E-state index is 11.3. The number of fused-ring (bicyclic) bond motifs is 2. The average molecular weight is 678 g/mol. The van der Waals surface area contributed by atoms with Gasteiger partial charge in [-0.3, -0.25) is 4.90 Å². The number of hydrogen-bond acceptors (Lipinski definition) is 8. The molecule has 48 heavy (non-hydrogen) atoms. The summed E-state index contributed by atoms with van der Waals surface area (Å²) in [4.78, 5) is 2.51. The number of terminal acetylenes is 1. The Balaban J connectivity index is 0.000000823. The van der Waals surface area contributed by atoms with Crippen LogP contribution in [0.15, 0.2) is 0 Å². The molecule has 0 aromatic carbocycles. The summed E-state index contributed by atoms with van der Waals surface area (Å²) in [5, 5.41) is 38.8. The zero-order valence-electron chi connectivity index (χ0n) is 31.6. The van der Waals surface area contributed by atoms with Crippen molar-refractivity contribution in [2.24, 2.45) is 51.8 Å². The normalized spacial score (nSPS) is 43.4. The fourth-order valence-corrected chi connectivity index (χ4v) is 12.6. The molecule has 2 saturated heterocycles. The van der Waals surface area contributed by atoms with Crippen molar-refractivity contribution in [3.05, 3.63) is 0 Å². The second kappa shape index (κ2) is 15.9. The van der Waals surface area contributed by atoms with E-state index in [0.29, 0.717) is 47.0 Å². The van der Waals surface area contributed by atoms with Gasteiger partial charge in [0.05, 0.1) is 56.3 Å². The topological polar surface area (TPSA) is 112 Å². The minimum atomic E-state index is -1.06. The molecule has 7 fully saturated rings. The molecule has 8 heteroatoms. The lowest BCUT2D eigenvalue weighted by Crippen LogP contribution is -2.58. The van der Waals surface area contributed by atoms with E-state index in [9.17, 15) is 15.3 Å². The first kappa shape index (κ1) is 40.0. The Kier molecular flexibility index (Phi) is 13.2. The van der Waals surface area contributed by atoms with Crippen molar-refractivity contribution in [1.82, 2.24) is 4.90 Å². The van der Waals surface area contributed by atoms with E-state index in [1.807, 2.05) is 13.8 Å². The standard InChI is InChI=1S/C35H59NO6.C2H6.C2H2.CH4O/c1-21-34-13-11-23-24(7-6-8-29(38)33(4,5)39)27(37)17-25(23)26(34)9-10-28-32(2,3)30(12-14-35(21,28)34)42-31-18-36(15-16-41-31)22-19-40-20-22;3*1-2/h21-31,37-39H,6-20H2,1-5H3;1-2H3;1-2H;2H,1H3/t21-,23?,24+,25?,26-,27+,28?,29-,30-,31?,34-,35?;;;/m0.../s1. The van der Waals surface area contributed by atoms with Crippen LogP contribution in [0.1, 0.15) is 113 Å². The molecule has 12 atom stereocenters. The Morgan fingerprint density at radius 2 is 1.67 bits per heavy atom. The van der Waals surface area contributed by atoms with E-state index in [0.717, 1.165) is 77.5 Å². The highest BCUT2D eigenvalue weighted by molar-refractivity contribution is 5.31. The van der Waals surface area contributed by atoms with Crippen LogP contribution in [-0.2, 0) is 14.2 Å². The van der Waals surface area contributed by atoms with E-state index in [1.54, 1.807) is 13.8 Å². The van der Waals surface area contributed by atoms with E-state index in [1.165, 1.54) is 32.1 Å². The number of aliphatic hydroxyl groups excluding tert-OH is 3. The van der Waals surface area contributed by atoms with E-state index >= 15 is 0 Å². The summed E-state index contributed by atoms with van der Waals surface area (Å²) in [6.07, 6.45) is 18.2. The van der Waals surface area contributed by atoms with Crippen LogP contribution in [0.5, 0.6) is 0 Å². The molecule has 7 aliphatic rings. The van der Waals surface area contributed by atoms with Crippen LogP contribution >= 0.6 is 0 Å². The van der Waals surface area contributed by atoms with Crippen LogP contribution in [0.25, 0.3) is 0 Å². The lowest BCUT2D eigenvalue weighted by atomic mass is 9.48. The van der Waals surface area contributed by atoms with Gasteiger partial charge in [0.25, 0.3) is 0 Å². The first-order valence-corrected chi connectivity index (χ1v) is 19.4. The van der Waals surface area contributed by atoms with Gasteiger partial charge in [-0.25, -0.2) is 0 Å². The first-order valence-electron chi connectivity index (χ1n) is 19.4. The molecule has 0 aromatic rings. The van der Waals surface area contributed by atoms with Gasteiger partial charge in [-0.1, -0.05) is 41.0 Å². The van der Waals surface area contributed by atoms with Crippen LogP contribution in [0.4, 0.5) is 0 Å². The van der Waals surface area contributed by atoms with Crippen molar-refractivity contribution in [3.8, 4) is 12.8 Å². The van der Waals surface area contributed by atoms with Gasteiger partial charge >= 0.3 is 0 Å². The summed E-state index contributed by atoms with van der Waals surface area (Å²) in [6.45, 7) is 19.3. The summed E-state index contributed by atoms with van der Waals surface area (Å²) in [7, 11) is 1.00. The summed E-state index contributed by atoms with van der Waals surface area (Å²) in [6, 6.07) is 0.535. The Hall–Kier alpha value is -0.760. The van der Waals surface area contributed by atoms with Crippen LogP contribution in [-0.4, -0.2) is 102 Å². The minimum Gasteiger partial charge on any atom is -0.400 e. The largest absolute Gasteiger partial charge is 0.400 e. The van der Waals surface area contributed by atoms with Crippen LogP contribution in [0.3, 0.4) is 0 Å². The highest BCUT2D eigenvalue weighted by Crippen LogP contribution is 2.88. The number of aliphatic hydroxyl groups is 4. The van der Waals surface area contributed by atoms with Crippen LogP contribution in [0.2, 0.25) is 0 Å². The fraction of sp³-hybridized carbons (Fsp3) is 0.950. The van der Waals surface area contributed by atoms with Gasteiger partial charge in [-0.05, 0) is 123 Å². The van der Waals surface area contributed by atoms with Gasteiger partial charge in [-0.2, -0.15) is 0 Å². The molecular formula is C40H71NO7. The third kappa shape index (κ3) is 6.67. The van der Waals surface area contributed by atoms with Gasteiger partial charge < -0.3 is 34.6 Å². The molecule has 5 unspecified atom stereocenters. The molecule has 5 aliphatic carbocycles. The van der Waals surface area contributed by atoms with E-state index in [4.69, 9.17) is 19.3 Å². The molecule has 2 aliphatic heterocycles. The van der Waals surface area contributed by atoms with E-state index < -0.39 is 11.7 Å². The molecule has 0 aromatic heterocycles.